The van der Waals surface area contributed by atoms with Crippen LogP contribution in [-0.2, 0) is 14.8 Å². The average molecular weight is 452 g/mol. The minimum Gasteiger partial charge on any atom is -0.497 e. The van der Waals surface area contributed by atoms with Crippen molar-refractivity contribution < 1.29 is 27.6 Å². The topological polar surface area (TPSA) is 128 Å². The van der Waals surface area contributed by atoms with Gasteiger partial charge >= 0.3 is 0 Å². The van der Waals surface area contributed by atoms with Crippen molar-refractivity contribution in [2.45, 2.75) is 12.8 Å². The molecule has 1 N–H and O–H groups in total. The second kappa shape index (κ2) is 11.2. The molecule has 2 aromatic rings. The van der Waals surface area contributed by atoms with Crippen molar-refractivity contribution in [3.63, 3.8) is 0 Å². The van der Waals surface area contributed by atoms with Crippen LogP contribution >= 0.6 is 0 Å². The molecule has 0 aliphatic heterocycles. The van der Waals surface area contributed by atoms with Gasteiger partial charge in [0.2, 0.25) is 15.9 Å². The van der Waals surface area contributed by atoms with Crippen molar-refractivity contribution in [3.05, 3.63) is 58.6 Å². The van der Waals surface area contributed by atoms with Gasteiger partial charge in [-0.3, -0.25) is 19.2 Å². The van der Waals surface area contributed by atoms with Crippen molar-refractivity contribution in [2.24, 2.45) is 0 Å². The number of anilines is 1. The summed E-state index contributed by atoms with van der Waals surface area (Å²) in [5, 5.41) is 13.6. The van der Waals surface area contributed by atoms with Crippen LogP contribution in [0.2, 0.25) is 0 Å². The third-order valence-corrected chi connectivity index (χ3v) is 5.44. The lowest BCUT2D eigenvalue weighted by molar-refractivity contribution is -0.384. The number of methoxy groups -OCH3 is 1. The van der Waals surface area contributed by atoms with E-state index in [-0.39, 0.29) is 43.3 Å². The van der Waals surface area contributed by atoms with Gasteiger partial charge in [0, 0.05) is 25.1 Å². The Balaban J connectivity index is 1.79. The van der Waals surface area contributed by atoms with Crippen LogP contribution in [0.15, 0.2) is 48.5 Å². The fourth-order valence-electron chi connectivity index (χ4n) is 2.75. The predicted octanol–water partition coefficient (Wildman–Crippen LogP) is 2.34. The highest BCUT2D eigenvalue weighted by Crippen LogP contribution is 2.23. The van der Waals surface area contributed by atoms with Crippen LogP contribution in [-0.4, -0.2) is 52.3 Å². The van der Waals surface area contributed by atoms with E-state index in [9.17, 15) is 23.3 Å². The largest absolute Gasteiger partial charge is 0.497 e. The summed E-state index contributed by atoms with van der Waals surface area (Å²) in [7, 11) is -2.09. The Bertz CT molecular complexity index is 994. The number of hydrogen-bond acceptors (Lipinski definition) is 7. The van der Waals surface area contributed by atoms with Crippen molar-refractivity contribution in [2.75, 3.05) is 37.4 Å². The van der Waals surface area contributed by atoms with E-state index in [2.05, 4.69) is 5.32 Å². The molecule has 0 aromatic heterocycles. The molecule has 0 spiro atoms. The number of ether oxygens (including phenoxy) is 2. The zero-order valence-corrected chi connectivity index (χ0v) is 18.1. The van der Waals surface area contributed by atoms with Crippen LogP contribution in [0, 0.1) is 10.1 Å². The molecule has 2 rings (SSSR count). The van der Waals surface area contributed by atoms with E-state index in [0.717, 1.165) is 10.6 Å². The summed E-state index contributed by atoms with van der Waals surface area (Å²) in [6.45, 7) is 0.600. The van der Waals surface area contributed by atoms with E-state index in [1.807, 2.05) is 0 Å². The lowest BCUT2D eigenvalue weighted by Crippen LogP contribution is -2.33. The molecule has 0 aliphatic carbocycles. The highest BCUT2D eigenvalue weighted by Gasteiger charge is 2.19. The Kier molecular flexibility index (Phi) is 8.62. The minimum atomic E-state index is -3.66. The Morgan fingerprint density at radius 2 is 1.84 bits per heavy atom. The number of amides is 1. The summed E-state index contributed by atoms with van der Waals surface area (Å²) < 4.78 is 35.8. The van der Waals surface area contributed by atoms with Crippen LogP contribution in [0.1, 0.15) is 12.8 Å². The summed E-state index contributed by atoms with van der Waals surface area (Å²) >= 11 is 0. The van der Waals surface area contributed by atoms with Gasteiger partial charge in [-0.25, -0.2) is 8.42 Å². The predicted molar refractivity (Wildman–Crippen MR) is 116 cm³/mol. The van der Waals surface area contributed by atoms with Gasteiger partial charge in [-0.1, -0.05) is 6.07 Å². The maximum atomic E-state index is 12.1. The van der Waals surface area contributed by atoms with Crippen molar-refractivity contribution in [1.29, 1.82) is 0 Å². The number of nitro groups is 1. The first kappa shape index (κ1) is 23.9. The number of nitrogens with one attached hydrogen (secondary N) is 1. The molecule has 1 amide bonds. The van der Waals surface area contributed by atoms with Crippen molar-refractivity contribution in [3.8, 4) is 11.5 Å². The molecule has 0 unspecified atom stereocenters. The van der Waals surface area contributed by atoms with Gasteiger partial charge in [-0.15, -0.1) is 0 Å². The molecular weight excluding hydrogens is 426 g/mol. The van der Waals surface area contributed by atoms with Gasteiger partial charge in [0.25, 0.3) is 5.69 Å². The van der Waals surface area contributed by atoms with E-state index in [4.69, 9.17) is 9.47 Å². The highest BCUT2D eigenvalue weighted by molar-refractivity contribution is 7.92. The summed E-state index contributed by atoms with van der Waals surface area (Å²) in [4.78, 5) is 22.4. The van der Waals surface area contributed by atoms with Crippen LogP contribution in [0.4, 0.5) is 11.4 Å². The van der Waals surface area contributed by atoms with Gasteiger partial charge in [-0.2, -0.15) is 0 Å². The van der Waals surface area contributed by atoms with E-state index >= 15 is 0 Å². The third kappa shape index (κ3) is 7.78. The fourth-order valence-corrected chi connectivity index (χ4v) is 3.71. The number of carbonyl (C=O) groups excluding carboxylic acids is 1. The minimum absolute atomic E-state index is 0.0236. The number of hydrogen-bond donors (Lipinski definition) is 1. The Hall–Kier alpha value is -3.34. The van der Waals surface area contributed by atoms with Gasteiger partial charge in [0.15, 0.2) is 0 Å². The first-order valence-electron chi connectivity index (χ1n) is 9.46. The molecule has 0 aliphatic rings. The van der Waals surface area contributed by atoms with E-state index < -0.39 is 14.9 Å². The molecule has 0 bridgehead atoms. The molecule has 11 heteroatoms. The van der Waals surface area contributed by atoms with Gasteiger partial charge in [0.1, 0.15) is 18.1 Å². The highest BCUT2D eigenvalue weighted by atomic mass is 32.2. The SMILES string of the molecule is COc1ccc(OCCNC(=O)CCCN(c2cccc([N+](=O)[O-])c2)S(C)(=O)=O)cc1. The fraction of sp³-hybridized carbons (Fsp3) is 0.350. The van der Waals surface area contributed by atoms with Gasteiger partial charge in [-0.05, 0) is 36.8 Å². The lowest BCUT2D eigenvalue weighted by atomic mass is 10.2. The quantitative estimate of drug-likeness (QED) is 0.298. The lowest BCUT2D eigenvalue weighted by Gasteiger charge is -2.22. The van der Waals surface area contributed by atoms with Crippen LogP contribution in [0.5, 0.6) is 11.5 Å². The number of nitro benzene ring substituents is 1. The standard InChI is InChI=1S/C20H25N3O7S/c1-29-18-8-10-19(11-9-18)30-14-12-21-20(24)7-4-13-22(31(2,27)28)16-5-3-6-17(15-16)23(25)26/h3,5-6,8-11,15H,4,7,12-14H2,1-2H3,(H,21,24). The molecule has 168 valence electrons. The molecule has 0 radical (unpaired) electrons. The first-order valence-corrected chi connectivity index (χ1v) is 11.3. The number of carbonyl (C=O) groups is 1. The molecule has 31 heavy (non-hydrogen) atoms. The smallest absolute Gasteiger partial charge is 0.271 e. The van der Waals surface area contributed by atoms with Gasteiger partial charge < -0.3 is 14.8 Å². The Morgan fingerprint density at radius 1 is 1.16 bits per heavy atom. The van der Waals surface area contributed by atoms with Crippen molar-refractivity contribution in [1.82, 2.24) is 5.32 Å². The number of non-ortho nitro benzene ring substituents is 1. The maximum Gasteiger partial charge on any atom is 0.271 e. The molecular formula is C20H25N3O7S. The van der Waals surface area contributed by atoms with E-state index in [0.29, 0.717) is 18.0 Å². The zero-order valence-electron chi connectivity index (χ0n) is 17.3. The molecule has 2 aromatic carbocycles. The van der Waals surface area contributed by atoms with E-state index in [1.165, 1.54) is 24.3 Å². The third-order valence-electron chi connectivity index (χ3n) is 4.25. The zero-order chi connectivity index (χ0) is 22.9. The molecule has 0 saturated heterocycles. The van der Waals surface area contributed by atoms with Crippen LogP contribution in [0.25, 0.3) is 0 Å². The monoisotopic (exact) mass is 451 g/mol. The van der Waals surface area contributed by atoms with Gasteiger partial charge in [0.05, 0.1) is 30.5 Å². The number of nitrogens with zero attached hydrogens (tertiary/aromatic N) is 2. The number of benzene rings is 2. The summed E-state index contributed by atoms with van der Waals surface area (Å²) in [5.41, 5.74) is -0.0225. The van der Waals surface area contributed by atoms with Crippen LogP contribution in [0.3, 0.4) is 0 Å². The molecule has 0 atom stereocenters. The first-order chi connectivity index (χ1) is 14.7. The summed E-state index contributed by atoms with van der Waals surface area (Å²) in [6, 6.07) is 12.4. The summed E-state index contributed by atoms with van der Waals surface area (Å²) in [5.74, 6) is 1.12. The molecule has 0 saturated carbocycles. The number of sulfonamides is 1. The Labute approximate surface area is 181 Å². The van der Waals surface area contributed by atoms with Crippen LogP contribution < -0.4 is 19.1 Å². The van der Waals surface area contributed by atoms with Crippen molar-refractivity contribution >= 4 is 27.3 Å². The van der Waals surface area contributed by atoms with E-state index in [1.54, 1.807) is 31.4 Å². The molecule has 0 fully saturated rings. The second-order valence-electron chi connectivity index (χ2n) is 6.59. The summed E-state index contributed by atoms with van der Waals surface area (Å²) in [6.07, 6.45) is 1.37. The molecule has 10 nitrogen and oxygen atoms in total. The number of rotatable bonds is 12. The molecule has 0 heterocycles. The Morgan fingerprint density at radius 3 is 2.45 bits per heavy atom. The second-order valence-corrected chi connectivity index (χ2v) is 8.50. The average Bonchev–Trinajstić information content (AvgIpc) is 2.74. The maximum absolute atomic E-state index is 12.1. The normalized spacial score (nSPS) is 10.9.